The lowest BCUT2D eigenvalue weighted by atomic mass is 9.67. The van der Waals surface area contributed by atoms with Crippen molar-refractivity contribution >= 4 is 115 Å². The molecule has 14 aromatic carbocycles. The van der Waals surface area contributed by atoms with Gasteiger partial charge in [0.2, 0.25) is 0 Å². The van der Waals surface area contributed by atoms with Gasteiger partial charge in [0.1, 0.15) is 22.3 Å². The summed E-state index contributed by atoms with van der Waals surface area (Å²) in [5.41, 5.74) is 23.7. The van der Waals surface area contributed by atoms with Crippen molar-refractivity contribution in [1.82, 2.24) is 0 Å². The Bertz CT molecular complexity index is 5310. The molecule has 0 aliphatic heterocycles. The highest BCUT2D eigenvalue weighted by Crippen LogP contribution is 2.59. The molecule has 18 rings (SSSR count). The first kappa shape index (κ1) is 57.6. The molecule has 0 N–H and O–H groups in total. The quantitative estimate of drug-likeness (QED) is 0.114. The lowest BCUT2D eigenvalue weighted by molar-refractivity contribution is 0.669. The van der Waals surface area contributed by atoms with E-state index >= 15 is 0 Å². The normalized spacial score (nSPS) is 13.7. The number of nitrogens with zero attached hydrogens (tertiary/aromatic N) is 2. The predicted octanol–water partition coefficient (Wildman–Crippen LogP) is 23.4. The van der Waals surface area contributed by atoms with Crippen LogP contribution in [0.1, 0.15) is 44.5 Å². The SMILES string of the molecule is C[Si](C)(C)c1ccc(N(c2cccc(C3(c4ccccc4)c4ccccc4-c4ccccc43)c2)c2ccc3c(c2)oc2c3ccc3c2ccc2c4ccc(N(c5ccc([Si](C)(C)C)cc5)c5cccc(C6(c7ccccc7)c7ccccc7-c7ccccc76)c5)cc4oc23)cc1. The van der Waals surface area contributed by atoms with Crippen LogP contribution >= 0.6 is 0 Å². The van der Waals surface area contributed by atoms with Crippen LogP contribution in [0.15, 0.2) is 324 Å². The Morgan fingerprint density at radius 1 is 0.240 bits per heavy atom. The van der Waals surface area contributed by atoms with Gasteiger partial charge in [-0.25, -0.2) is 0 Å². The van der Waals surface area contributed by atoms with Crippen molar-refractivity contribution in [2.24, 2.45) is 0 Å². The second-order valence-electron chi connectivity index (χ2n) is 28.3. The highest BCUT2D eigenvalue weighted by Gasteiger charge is 2.48. The van der Waals surface area contributed by atoms with E-state index in [4.69, 9.17) is 8.83 Å². The zero-order chi connectivity index (χ0) is 64.7. The van der Waals surface area contributed by atoms with Crippen molar-refractivity contribution in [3.05, 3.63) is 360 Å². The van der Waals surface area contributed by atoms with Crippen LogP contribution in [0.25, 0.3) is 76.9 Å². The molecule has 460 valence electrons. The summed E-state index contributed by atoms with van der Waals surface area (Å²) in [4.78, 5) is 4.82. The van der Waals surface area contributed by atoms with Gasteiger partial charge in [-0.15, -0.1) is 0 Å². The molecule has 0 radical (unpaired) electrons. The fourth-order valence-corrected chi connectivity index (χ4v) is 18.8. The molecular formula is C90H70N2O2Si2. The smallest absolute Gasteiger partial charge is 0.143 e. The molecule has 0 amide bonds. The first-order valence-electron chi connectivity index (χ1n) is 33.6. The Morgan fingerprint density at radius 2 is 0.521 bits per heavy atom. The summed E-state index contributed by atoms with van der Waals surface area (Å²) in [5.74, 6) is 0. The van der Waals surface area contributed by atoms with Gasteiger partial charge in [0, 0.05) is 78.6 Å². The molecule has 96 heavy (non-hydrogen) atoms. The maximum absolute atomic E-state index is 7.20. The van der Waals surface area contributed by atoms with Gasteiger partial charge in [0.15, 0.2) is 0 Å². The number of benzene rings is 14. The maximum Gasteiger partial charge on any atom is 0.143 e. The standard InChI is InChI=1S/C90H70N2O2Si2/c1-95(2,3)69-45-39-63(40-46-69)91(65-29-21-27-61(55-65)89(59-23-9-7-10-24-59)81-35-17-13-31-71(81)72-32-14-18-36-82(72)89)67-43-49-75-77-51-53-80-79(87(77)93-85(75)57-67)54-52-78-76-50-44-68(58-86(76)94-88(78)80)92(64-41-47-70(48-42-64)96(4,5)6)66-30-22-28-62(56-66)90(60-25-11-8-12-26-60)83-37-19-15-33-73(83)74-34-16-20-38-84(74)90/h7-58H,1-6H3. The molecule has 2 heterocycles. The van der Waals surface area contributed by atoms with Gasteiger partial charge in [0.05, 0.1) is 27.0 Å². The van der Waals surface area contributed by atoms with Crippen LogP contribution in [0.2, 0.25) is 39.3 Å². The topological polar surface area (TPSA) is 32.8 Å². The molecule has 2 aliphatic carbocycles. The van der Waals surface area contributed by atoms with Crippen LogP contribution < -0.4 is 20.2 Å². The van der Waals surface area contributed by atoms with Crippen molar-refractivity contribution in [1.29, 1.82) is 0 Å². The fourth-order valence-electron chi connectivity index (χ4n) is 16.4. The average molecular weight is 1270 g/mol. The van der Waals surface area contributed by atoms with Gasteiger partial charge in [0.25, 0.3) is 0 Å². The third-order valence-corrected chi connectivity index (χ3v) is 25.1. The van der Waals surface area contributed by atoms with Gasteiger partial charge in [-0.05, 0) is 164 Å². The molecule has 2 aliphatic rings. The van der Waals surface area contributed by atoms with Crippen molar-refractivity contribution < 1.29 is 8.83 Å². The molecule has 0 unspecified atom stereocenters. The molecule has 16 aromatic rings. The van der Waals surface area contributed by atoms with Crippen molar-refractivity contribution in [3.8, 4) is 22.3 Å². The number of hydrogen-bond acceptors (Lipinski definition) is 4. The molecule has 0 atom stereocenters. The van der Waals surface area contributed by atoms with Crippen LogP contribution in [0.3, 0.4) is 0 Å². The monoisotopic (exact) mass is 1270 g/mol. The van der Waals surface area contributed by atoms with Crippen LogP contribution in [0, 0.1) is 0 Å². The third-order valence-electron chi connectivity index (χ3n) is 20.9. The van der Waals surface area contributed by atoms with Gasteiger partial charge >= 0.3 is 0 Å². The van der Waals surface area contributed by atoms with E-state index in [9.17, 15) is 0 Å². The Hall–Kier alpha value is -11.0. The van der Waals surface area contributed by atoms with Gasteiger partial charge in [-0.3, -0.25) is 0 Å². The molecule has 0 saturated carbocycles. The van der Waals surface area contributed by atoms with Crippen molar-refractivity contribution in [2.45, 2.75) is 50.1 Å². The van der Waals surface area contributed by atoms with E-state index in [0.717, 1.165) is 88.8 Å². The highest BCUT2D eigenvalue weighted by atomic mass is 28.3. The first-order valence-corrected chi connectivity index (χ1v) is 40.6. The second kappa shape index (κ2) is 21.8. The number of rotatable bonds is 12. The Kier molecular flexibility index (Phi) is 13.1. The summed E-state index contributed by atoms with van der Waals surface area (Å²) in [6.45, 7) is 14.5. The van der Waals surface area contributed by atoms with Crippen molar-refractivity contribution in [3.63, 3.8) is 0 Å². The summed E-state index contributed by atoms with van der Waals surface area (Å²) in [6, 6.07) is 118. The van der Waals surface area contributed by atoms with Crippen molar-refractivity contribution in [2.75, 3.05) is 9.80 Å². The van der Waals surface area contributed by atoms with Gasteiger partial charge in [-0.1, -0.05) is 256 Å². The number of furan rings is 2. The lowest BCUT2D eigenvalue weighted by Gasteiger charge is -2.35. The van der Waals surface area contributed by atoms with E-state index < -0.39 is 27.0 Å². The van der Waals surface area contributed by atoms with Crippen LogP contribution in [-0.4, -0.2) is 16.1 Å². The zero-order valence-corrected chi connectivity index (χ0v) is 56.7. The van der Waals surface area contributed by atoms with Crippen LogP contribution in [0.5, 0.6) is 0 Å². The summed E-state index contributed by atoms with van der Waals surface area (Å²) in [6.07, 6.45) is 0. The largest absolute Gasteiger partial charge is 0.455 e. The first-order chi connectivity index (χ1) is 46.8. The number of fused-ring (bicyclic) bond motifs is 15. The average Bonchev–Trinajstić information content (AvgIpc) is 1.53. The summed E-state index contributed by atoms with van der Waals surface area (Å²) in [7, 11) is -3.22. The minimum absolute atomic E-state index is 0.549. The maximum atomic E-state index is 7.20. The molecule has 0 fully saturated rings. The Balaban J connectivity index is 0.764. The highest BCUT2D eigenvalue weighted by molar-refractivity contribution is 6.89. The molecular weight excluding hydrogens is 1200 g/mol. The van der Waals surface area contributed by atoms with E-state index in [2.05, 4.69) is 365 Å². The van der Waals surface area contributed by atoms with Gasteiger partial charge < -0.3 is 18.6 Å². The van der Waals surface area contributed by atoms with Gasteiger partial charge in [-0.2, -0.15) is 0 Å². The number of hydrogen-bond donors (Lipinski definition) is 0. The molecule has 4 nitrogen and oxygen atoms in total. The lowest BCUT2D eigenvalue weighted by Crippen LogP contribution is -2.37. The third kappa shape index (κ3) is 8.71. The molecule has 2 aromatic heterocycles. The minimum atomic E-state index is -1.61. The number of anilines is 6. The summed E-state index contributed by atoms with van der Waals surface area (Å²) in [5, 5.41) is 9.11. The predicted molar refractivity (Wildman–Crippen MR) is 408 cm³/mol. The molecule has 6 heteroatoms. The Morgan fingerprint density at radius 3 is 0.865 bits per heavy atom. The Labute approximate surface area is 562 Å². The second-order valence-corrected chi connectivity index (χ2v) is 38.5. The molecule has 0 saturated heterocycles. The van der Waals surface area contributed by atoms with Crippen LogP contribution in [0.4, 0.5) is 34.1 Å². The van der Waals surface area contributed by atoms with E-state index in [0.29, 0.717) is 0 Å². The van der Waals surface area contributed by atoms with E-state index in [-0.39, 0.29) is 0 Å². The summed E-state index contributed by atoms with van der Waals surface area (Å²) >= 11 is 0. The minimum Gasteiger partial charge on any atom is -0.455 e. The van der Waals surface area contributed by atoms with E-state index in [1.165, 1.54) is 77.1 Å². The summed E-state index contributed by atoms with van der Waals surface area (Å²) < 4.78 is 14.4. The van der Waals surface area contributed by atoms with E-state index in [1.807, 2.05) is 0 Å². The molecule has 0 bridgehead atoms. The fraction of sp³-hybridized carbons (Fsp3) is 0.0889. The molecule has 0 spiro atoms. The van der Waals surface area contributed by atoms with Crippen LogP contribution in [-0.2, 0) is 10.8 Å². The van der Waals surface area contributed by atoms with E-state index in [1.54, 1.807) is 0 Å². The zero-order valence-electron chi connectivity index (χ0n) is 54.7.